The number of benzene rings is 1. The normalized spacial score (nSPS) is 11.4. The van der Waals surface area contributed by atoms with Crippen molar-refractivity contribution in [3.05, 3.63) is 71.5 Å². The van der Waals surface area contributed by atoms with Gasteiger partial charge in [0.15, 0.2) is 12.5 Å². The highest BCUT2D eigenvalue weighted by Crippen LogP contribution is 2.32. The van der Waals surface area contributed by atoms with E-state index in [0.717, 1.165) is 0 Å². The summed E-state index contributed by atoms with van der Waals surface area (Å²) in [4.78, 5) is 26.4. The van der Waals surface area contributed by atoms with Crippen molar-refractivity contribution in [3.63, 3.8) is 0 Å². The summed E-state index contributed by atoms with van der Waals surface area (Å²) in [6.45, 7) is 9.61. The number of rotatable bonds is 10. The Bertz CT molecular complexity index is 867. The number of ether oxygens (including phenoxy) is 1. The second-order valence-electron chi connectivity index (χ2n) is 6.08. The Labute approximate surface area is 179 Å². The number of amides is 2. The lowest BCUT2D eigenvalue weighted by Crippen LogP contribution is -2.47. The fourth-order valence-corrected chi connectivity index (χ4v) is 2.98. The van der Waals surface area contributed by atoms with Crippen LogP contribution in [0.1, 0.15) is 17.4 Å². The van der Waals surface area contributed by atoms with Crippen molar-refractivity contribution in [1.82, 2.24) is 20.0 Å². The van der Waals surface area contributed by atoms with Crippen molar-refractivity contribution in [2.24, 2.45) is 0 Å². The van der Waals surface area contributed by atoms with E-state index in [0.29, 0.717) is 28.9 Å². The smallest absolute Gasteiger partial charge is 0.272 e. The molecule has 9 heteroatoms. The van der Waals surface area contributed by atoms with Crippen LogP contribution < -0.4 is 10.1 Å². The van der Waals surface area contributed by atoms with Crippen LogP contribution in [-0.2, 0) is 11.5 Å². The number of hydrogen-bond donors (Lipinski definition) is 1. The van der Waals surface area contributed by atoms with E-state index in [4.69, 9.17) is 27.9 Å². The van der Waals surface area contributed by atoms with Crippen LogP contribution in [0.15, 0.2) is 55.8 Å². The summed E-state index contributed by atoms with van der Waals surface area (Å²) in [5.41, 5.74) is 0.150. The first-order valence-corrected chi connectivity index (χ1v) is 9.54. The minimum absolute atomic E-state index is 0.0116. The van der Waals surface area contributed by atoms with E-state index < -0.39 is 11.9 Å². The molecule has 0 aliphatic rings. The standard InChI is InChI=1S/C20H22Cl2N4O3/c1-4-10-25(11-5-2)20(28)14(3)23-19(27)17-9-12-26(24-17)13-29-18-15(21)7-6-8-16(18)22/h4-9,12,14H,1-2,10-11,13H2,3H3,(H,23,27). The second kappa shape index (κ2) is 10.7. The molecule has 1 N–H and O–H groups in total. The minimum Gasteiger partial charge on any atom is -0.468 e. The highest BCUT2D eigenvalue weighted by Gasteiger charge is 2.22. The van der Waals surface area contributed by atoms with Crippen LogP contribution in [0.3, 0.4) is 0 Å². The van der Waals surface area contributed by atoms with Gasteiger partial charge in [-0.1, -0.05) is 41.4 Å². The maximum atomic E-state index is 12.5. The van der Waals surface area contributed by atoms with Gasteiger partial charge in [-0.25, -0.2) is 4.68 Å². The first-order chi connectivity index (χ1) is 13.9. The van der Waals surface area contributed by atoms with E-state index in [1.54, 1.807) is 43.5 Å². The highest BCUT2D eigenvalue weighted by atomic mass is 35.5. The number of halogens is 2. The molecule has 1 aromatic heterocycles. The summed E-state index contributed by atoms with van der Waals surface area (Å²) in [7, 11) is 0. The summed E-state index contributed by atoms with van der Waals surface area (Å²) in [5, 5.41) is 7.54. The molecular formula is C20H22Cl2N4O3. The maximum Gasteiger partial charge on any atom is 0.272 e. The molecule has 1 aromatic carbocycles. The molecule has 0 saturated carbocycles. The molecule has 1 unspecified atom stereocenters. The fourth-order valence-electron chi connectivity index (χ4n) is 2.48. The zero-order valence-electron chi connectivity index (χ0n) is 16.0. The molecule has 0 radical (unpaired) electrons. The topological polar surface area (TPSA) is 76.5 Å². The van der Waals surface area contributed by atoms with E-state index in [1.807, 2.05) is 0 Å². The number of nitrogens with zero attached hydrogens (tertiary/aromatic N) is 3. The molecule has 154 valence electrons. The fraction of sp³-hybridized carbons (Fsp3) is 0.250. The van der Waals surface area contributed by atoms with Crippen molar-refractivity contribution < 1.29 is 14.3 Å². The molecule has 1 heterocycles. The van der Waals surface area contributed by atoms with E-state index in [-0.39, 0.29) is 18.3 Å². The van der Waals surface area contributed by atoms with Gasteiger partial charge in [0.25, 0.3) is 5.91 Å². The van der Waals surface area contributed by atoms with Gasteiger partial charge >= 0.3 is 0 Å². The van der Waals surface area contributed by atoms with Gasteiger partial charge < -0.3 is 15.0 Å². The summed E-state index contributed by atoms with van der Waals surface area (Å²) < 4.78 is 7.00. The van der Waals surface area contributed by atoms with E-state index in [2.05, 4.69) is 23.6 Å². The molecule has 0 bridgehead atoms. The summed E-state index contributed by atoms with van der Waals surface area (Å²) in [6, 6.07) is 5.82. The second-order valence-corrected chi connectivity index (χ2v) is 6.89. The zero-order valence-corrected chi connectivity index (χ0v) is 17.5. The van der Waals surface area contributed by atoms with Gasteiger partial charge in [-0.2, -0.15) is 5.10 Å². The summed E-state index contributed by atoms with van der Waals surface area (Å²) in [5.74, 6) is -0.382. The quantitative estimate of drug-likeness (QED) is 0.577. The third-order valence-electron chi connectivity index (χ3n) is 3.86. The average molecular weight is 437 g/mol. The molecule has 0 aliphatic carbocycles. The molecule has 7 nitrogen and oxygen atoms in total. The number of aromatic nitrogens is 2. The Kier molecular flexibility index (Phi) is 8.30. The van der Waals surface area contributed by atoms with Crippen molar-refractivity contribution in [2.75, 3.05) is 13.1 Å². The molecule has 2 aromatic rings. The Morgan fingerprint density at radius 3 is 2.45 bits per heavy atom. The number of nitrogens with one attached hydrogen (secondary N) is 1. The van der Waals surface area contributed by atoms with Crippen LogP contribution in [0.4, 0.5) is 0 Å². The molecule has 0 fully saturated rings. The van der Waals surface area contributed by atoms with E-state index in [1.165, 1.54) is 15.6 Å². The third-order valence-corrected chi connectivity index (χ3v) is 4.46. The molecule has 0 spiro atoms. The maximum absolute atomic E-state index is 12.5. The Morgan fingerprint density at radius 1 is 1.24 bits per heavy atom. The van der Waals surface area contributed by atoms with Gasteiger partial charge in [-0.3, -0.25) is 9.59 Å². The lowest BCUT2D eigenvalue weighted by atomic mass is 10.2. The van der Waals surface area contributed by atoms with Crippen LogP contribution in [-0.4, -0.2) is 45.6 Å². The van der Waals surface area contributed by atoms with Gasteiger partial charge in [0.05, 0.1) is 10.0 Å². The van der Waals surface area contributed by atoms with E-state index in [9.17, 15) is 9.59 Å². The van der Waals surface area contributed by atoms with Crippen LogP contribution in [0, 0.1) is 0 Å². The van der Waals surface area contributed by atoms with Crippen molar-refractivity contribution in [3.8, 4) is 5.75 Å². The third kappa shape index (κ3) is 6.10. The lowest BCUT2D eigenvalue weighted by Gasteiger charge is -2.23. The van der Waals surface area contributed by atoms with Gasteiger partial charge in [0.2, 0.25) is 5.91 Å². The van der Waals surface area contributed by atoms with E-state index >= 15 is 0 Å². The Hall–Kier alpha value is -2.77. The molecular weight excluding hydrogens is 415 g/mol. The molecule has 29 heavy (non-hydrogen) atoms. The molecule has 0 saturated heterocycles. The predicted molar refractivity (Wildman–Crippen MR) is 113 cm³/mol. The minimum atomic E-state index is -0.731. The van der Waals surface area contributed by atoms with Crippen molar-refractivity contribution in [1.29, 1.82) is 0 Å². The van der Waals surface area contributed by atoms with Gasteiger partial charge in [-0.05, 0) is 25.1 Å². The SMILES string of the molecule is C=CCN(CC=C)C(=O)C(C)NC(=O)c1ccn(COc2c(Cl)cccc2Cl)n1. The predicted octanol–water partition coefficient (Wildman–Crippen LogP) is 3.55. The first kappa shape index (κ1) is 22.5. The molecule has 0 aliphatic heterocycles. The number of hydrogen-bond acceptors (Lipinski definition) is 4. The lowest BCUT2D eigenvalue weighted by molar-refractivity contribution is -0.131. The zero-order chi connectivity index (χ0) is 21.4. The number of carbonyl (C=O) groups is 2. The van der Waals surface area contributed by atoms with Crippen LogP contribution in [0.5, 0.6) is 5.75 Å². The summed E-state index contributed by atoms with van der Waals surface area (Å²) >= 11 is 12.1. The van der Waals surface area contributed by atoms with Crippen molar-refractivity contribution >= 4 is 35.0 Å². The highest BCUT2D eigenvalue weighted by molar-refractivity contribution is 6.37. The van der Waals surface area contributed by atoms with Crippen LogP contribution in [0.25, 0.3) is 0 Å². The van der Waals surface area contributed by atoms with Gasteiger partial charge in [0.1, 0.15) is 11.7 Å². The molecule has 2 rings (SSSR count). The van der Waals surface area contributed by atoms with Gasteiger partial charge in [0, 0.05) is 19.3 Å². The van der Waals surface area contributed by atoms with Crippen molar-refractivity contribution in [2.45, 2.75) is 19.7 Å². The largest absolute Gasteiger partial charge is 0.468 e. The average Bonchev–Trinajstić information content (AvgIpc) is 3.16. The summed E-state index contributed by atoms with van der Waals surface area (Å²) in [6.07, 6.45) is 4.81. The Balaban J connectivity index is 1.97. The Morgan fingerprint density at radius 2 is 1.86 bits per heavy atom. The number of para-hydroxylation sites is 1. The van der Waals surface area contributed by atoms with Gasteiger partial charge in [-0.15, -0.1) is 13.2 Å². The number of carbonyl (C=O) groups excluding carboxylic acids is 2. The van der Waals surface area contributed by atoms with Crippen LogP contribution >= 0.6 is 23.2 Å². The first-order valence-electron chi connectivity index (χ1n) is 8.79. The molecule has 2 amide bonds. The molecule has 1 atom stereocenters. The van der Waals surface area contributed by atoms with Crippen LogP contribution in [0.2, 0.25) is 10.0 Å². The monoisotopic (exact) mass is 436 g/mol.